The number of hydrogen-bond acceptors (Lipinski definition) is 5. The molecule has 0 saturated carbocycles. The Morgan fingerprint density at radius 1 is 1.15 bits per heavy atom. The van der Waals surface area contributed by atoms with E-state index in [1.54, 1.807) is 28.4 Å². The van der Waals surface area contributed by atoms with Crippen LogP contribution in [0.15, 0.2) is 53.5 Å². The van der Waals surface area contributed by atoms with Crippen LogP contribution in [-0.2, 0) is 13.2 Å². The van der Waals surface area contributed by atoms with Crippen molar-refractivity contribution in [2.75, 3.05) is 0 Å². The van der Waals surface area contributed by atoms with Gasteiger partial charge in [0.05, 0.1) is 29.0 Å². The molecule has 0 aliphatic rings. The van der Waals surface area contributed by atoms with Crippen LogP contribution >= 0.6 is 11.3 Å². The Morgan fingerprint density at radius 3 is 2.61 bits per heavy atom. The summed E-state index contributed by atoms with van der Waals surface area (Å²) in [6.07, 6.45) is 1.57. The zero-order valence-electron chi connectivity index (χ0n) is 19.1. The van der Waals surface area contributed by atoms with E-state index in [0.717, 1.165) is 32.7 Å². The summed E-state index contributed by atoms with van der Waals surface area (Å²) in [5.74, 6) is 6.04. The van der Waals surface area contributed by atoms with Gasteiger partial charge in [-0.1, -0.05) is 47.6 Å². The molecule has 6 nitrogen and oxygen atoms in total. The largest absolute Gasteiger partial charge is 0.472 e. The van der Waals surface area contributed by atoms with Crippen LogP contribution < -0.4 is 9.61 Å². The van der Waals surface area contributed by atoms with E-state index < -0.39 is 0 Å². The molecule has 0 spiro atoms. The molecule has 0 fully saturated rings. The minimum Gasteiger partial charge on any atom is -0.472 e. The number of carbonyl (C=O) groups is 1. The second-order valence-corrected chi connectivity index (χ2v) is 8.96. The number of rotatable bonds is 7. The van der Waals surface area contributed by atoms with Crippen molar-refractivity contribution < 1.29 is 9.53 Å². The van der Waals surface area contributed by atoms with Crippen molar-refractivity contribution in [3.63, 3.8) is 0 Å². The SMILES string of the molecule is CC#CCn1c(=O)sc2ccc(C(=O)c3cnn(C(C)C)c3OCc3ccccc3)c(C)c21. The predicted molar refractivity (Wildman–Crippen MR) is 131 cm³/mol. The molecule has 0 saturated heterocycles. The van der Waals surface area contributed by atoms with E-state index in [0.29, 0.717) is 30.2 Å². The van der Waals surface area contributed by atoms with E-state index in [2.05, 4.69) is 16.9 Å². The fourth-order valence-corrected chi connectivity index (χ4v) is 4.72. The van der Waals surface area contributed by atoms with Crippen molar-refractivity contribution in [2.45, 2.75) is 46.9 Å². The number of hydrogen-bond donors (Lipinski definition) is 0. The first-order valence-corrected chi connectivity index (χ1v) is 11.6. The maximum absolute atomic E-state index is 13.7. The van der Waals surface area contributed by atoms with Crippen molar-refractivity contribution in [1.82, 2.24) is 14.3 Å². The lowest BCUT2D eigenvalue weighted by atomic mass is 10.00. The van der Waals surface area contributed by atoms with E-state index in [1.165, 1.54) is 0 Å². The molecule has 7 heteroatoms. The molecule has 4 rings (SSSR count). The van der Waals surface area contributed by atoms with Crippen molar-refractivity contribution >= 4 is 27.3 Å². The molecule has 0 amide bonds. The Kier molecular flexibility index (Phi) is 6.47. The van der Waals surface area contributed by atoms with Gasteiger partial charge in [-0.2, -0.15) is 5.10 Å². The highest BCUT2D eigenvalue weighted by Gasteiger charge is 2.24. The highest BCUT2D eigenvalue weighted by atomic mass is 32.1. The first kappa shape index (κ1) is 22.6. The van der Waals surface area contributed by atoms with Gasteiger partial charge in [-0.05, 0) is 51.0 Å². The van der Waals surface area contributed by atoms with Gasteiger partial charge in [0, 0.05) is 5.56 Å². The second kappa shape index (κ2) is 9.47. The van der Waals surface area contributed by atoms with Crippen LogP contribution in [0.5, 0.6) is 5.88 Å². The van der Waals surface area contributed by atoms with Crippen LogP contribution in [-0.4, -0.2) is 20.1 Å². The Balaban J connectivity index is 1.77. The monoisotopic (exact) mass is 459 g/mol. The zero-order chi connectivity index (χ0) is 23.5. The standard InChI is InChI=1S/C26H25N3O3S/c1-5-6-14-28-23-18(4)20(12-13-22(23)33-26(28)31)24(30)21-15-27-29(17(2)3)25(21)32-16-19-10-8-7-9-11-19/h7-13,15,17H,14,16H2,1-4H3. The lowest BCUT2D eigenvalue weighted by molar-refractivity contribution is 0.103. The number of nitrogens with zero attached hydrogens (tertiary/aromatic N) is 3. The van der Waals surface area contributed by atoms with Crippen molar-refractivity contribution in [3.05, 3.63) is 80.6 Å². The van der Waals surface area contributed by atoms with Gasteiger partial charge >= 0.3 is 4.87 Å². The molecule has 0 radical (unpaired) electrons. The number of aryl methyl sites for hydroxylation is 1. The summed E-state index contributed by atoms with van der Waals surface area (Å²) in [6.45, 7) is 8.22. The van der Waals surface area contributed by atoms with Crippen LogP contribution in [0.2, 0.25) is 0 Å². The third kappa shape index (κ3) is 4.35. The Bertz CT molecular complexity index is 1430. The topological polar surface area (TPSA) is 66.1 Å². The van der Waals surface area contributed by atoms with E-state index >= 15 is 0 Å². The van der Waals surface area contributed by atoms with Gasteiger partial charge in [-0.15, -0.1) is 5.92 Å². The summed E-state index contributed by atoms with van der Waals surface area (Å²) >= 11 is 1.16. The summed E-state index contributed by atoms with van der Waals surface area (Å²) < 4.78 is 10.3. The highest BCUT2D eigenvalue weighted by Crippen LogP contribution is 2.30. The Labute approximate surface area is 196 Å². The lowest BCUT2D eigenvalue weighted by Gasteiger charge is -2.14. The number of thiazole rings is 1. The predicted octanol–water partition coefficient (Wildman–Crippen LogP) is 4.98. The van der Waals surface area contributed by atoms with E-state index in [1.807, 2.05) is 57.2 Å². The Morgan fingerprint density at radius 2 is 1.91 bits per heavy atom. The zero-order valence-corrected chi connectivity index (χ0v) is 19.9. The fourth-order valence-electron chi connectivity index (χ4n) is 3.77. The number of aromatic nitrogens is 3. The Hall–Kier alpha value is -3.63. The van der Waals surface area contributed by atoms with Crippen LogP contribution in [0, 0.1) is 18.8 Å². The van der Waals surface area contributed by atoms with Gasteiger partial charge in [0.2, 0.25) is 5.88 Å². The summed E-state index contributed by atoms with van der Waals surface area (Å²) in [7, 11) is 0. The van der Waals surface area contributed by atoms with Gasteiger partial charge in [0.25, 0.3) is 0 Å². The summed E-state index contributed by atoms with van der Waals surface area (Å²) in [4.78, 5) is 26.1. The smallest absolute Gasteiger partial charge is 0.309 e. The summed E-state index contributed by atoms with van der Waals surface area (Å²) in [6, 6.07) is 13.4. The van der Waals surface area contributed by atoms with Crippen molar-refractivity contribution in [1.29, 1.82) is 0 Å². The third-order valence-electron chi connectivity index (χ3n) is 5.44. The molecule has 0 atom stereocenters. The van der Waals surface area contributed by atoms with Crippen molar-refractivity contribution in [3.8, 4) is 17.7 Å². The maximum atomic E-state index is 13.7. The molecular weight excluding hydrogens is 434 g/mol. The third-order valence-corrected chi connectivity index (χ3v) is 6.39. The molecule has 0 bridgehead atoms. The number of fused-ring (bicyclic) bond motifs is 1. The first-order chi connectivity index (χ1) is 15.9. The number of ether oxygens (including phenoxy) is 1. The molecule has 2 aromatic heterocycles. The van der Waals surface area contributed by atoms with Crippen LogP contribution in [0.3, 0.4) is 0 Å². The van der Waals surface area contributed by atoms with Gasteiger partial charge in [0.1, 0.15) is 12.2 Å². The molecular formula is C26H25N3O3S. The normalized spacial score (nSPS) is 10.9. The molecule has 0 N–H and O–H groups in total. The average Bonchev–Trinajstić information content (AvgIpc) is 3.38. The minimum atomic E-state index is -0.184. The van der Waals surface area contributed by atoms with Crippen LogP contribution in [0.4, 0.5) is 0 Å². The maximum Gasteiger partial charge on any atom is 0.309 e. The van der Waals surface area contributed by atoms with Crippen LogP contribution in [0.1, 0.15) is 53.9 Å². The molecule has 33 heavy (non-hydrogen) atoms. The van der Waals surface area contributed by atoms with Crippen molar-refractivity contribution in [2.24, 2.45) is 0 Å². The molecule has 4 aromatic rings. The van der Waals surface area contributed by atoms with E-state index in [4.69, 9.17) is 4.74 Å². The fraction of sp³-hybridized carbons (Fsp3) is 0.269. The molecule has 2 heterocycles. The number of ketones is 1. The number of benzene rings is 2. The van der Waals surface area contributed by atoms with E-state index in [-0.39, 0.29) is 16.7 Å². The molecule has 168 valence electrons. The molecule has 0 aliphatic heterocycles. The van der Waals surface area contributed by atoms with Gasteiger partial charge in [-0.3, -0.25) is 14.2 Å². The molecule has 0 unspecified atom stereocenters. The highest BCUT2D eigenvalue weighted by molar-refractivity contribution is 7.16. The second-order valence-electron chi connectivity index (χ2n) is 7.97. The van der Waals surface area contributed by atoms with Crippen LogP contribution in [0.25, 0.3) is 10.2 Å². The number of carbonyl (C=O) groups excluding carboxylic acids is 1. The lowest BCUT2D eigenvalue weighted by Crippen LogP contribution is -2.14. The minimum absolute atomic E-state index is 0.0237. The molecule has 0 aliphatic carbocycles. The van der Waals surface area contributed by atoms with Gasteiger partial charge < -0.3 is 4.74 Å². The van der Waals surface area contributed by atoms with E-state index in [9.17, 15) is 9.59 Å². The molecule has 2 aromatic carbocycles. The summed E-state index contributed by atoms with van der Waals surface area (Å²) in [5, 5.41) is 4.43. The van der Waals surface area contributed by atoms with Gasteiger partial charge in [-0.25, -0.2) is 4.68 Å². The first-order valence-electron chi connectivity index (χ1n) is 10.7. The average molecular weight is 460 g/mol. The quantitative estimate of drug-likeness (QED) is 0.289. The summed E-state index contributed by atoms with van der Waals surface area (Å²) in [5.41, 5.74) is 3.43. The van der Waals surface area contributed by atoms with Gasteiger partial charge in [0.15, 0.2) is 5.78 Å².